The van der Waals surface area contributed by atoms with Gasteiger partial charge >= 0.3 is 5.97 Å². The first-order valence-electron chi connectivity index (χ1n) is 8.55. The van der Waals surface area contributed by atoms with Crippen LogP contribution in [0.5, 0.6) is 11.5 Å². The molecule has 0 unspecified atom stereocenters. The van der Waals surface area contributed by atoms with Gasteiger partial charge in [0.1, 0.15) is 23.7 Å². The molecule has 2 aromatic rings. The number of hydrogen-bond acceptors (Lipinski definition) is 5. The van der Waals surface area contributed by atoms with Gasteiger partial charge in [0.25, 0.3) is 0 Å². The summed E-state index contributed by atoms with van der Waals surface area (Å²) in [5, 5.41) is 19.1. The minimum Gasteiger partial charge on any atom is -0.496 e. The molecule has 0 radical (unpaired) electrons. The Labute approximate surface area is 152 Å². The lowest BCUT2D eigenvalue weighted by atomic mass is 10.1. The number of likely N-dealkylation sites (tertiary alicyclic amines) is 1. The average molecular weight is 357 g/mol. The van der Waals surface area contributed by atoms with Crippen LogP contribution >= 0.6 is 0 Å². The van der Waals surface area contributed by atoms with Crippen molar-refractivity contribution in [3.05, 3.63) is 59.7 Å². The number of rotatable bonds is 7. The summed E-state index contributed by atoms with van der Waals surface area (Å²) in [5.41, 5.74) is 1.79. The zero-order valence-corrected chi connectivity index (χ0v) is 14.7. The van der Waals surface area contributed by atoms with Crippen molar-refractivity contribution in [2.24, 2.45) is 0 Å². The smallest absolute Gasteiger partial charge is 0.307 e. The Morgan fingerprint density at radius 1 is 1.15 bits per heavy atom. The fourth-order valence-electron chi connectivity index (χ4n) is 3.19. The number of aliphatic hydroxyl groups excluding tert-OH is 1. The number of aliphatic carboxylic acids is 1. The standard InChI is InChI=1S/C20H23NO5/c1-25-18-5-3-2-4-15(18)11-21-12-17(22)19(13-21)26-16-8-6-14(7-9-16)10-20(23)24/h2-9,17,19,22H,10-13H2,1H3,(H,23,24)/t17-,19-/m1/s1. The van der Waals surface area contributed by atoms with Crippen molar-refractivity contribution in [1.82, 2.24) is 4.90 Å². The maximum Gasteiger partial charge on any atom is 0.307 e. The van der Waals surface area contributed by atoms with Crippen LogP contribution in [0.2, 0.25) is 0 Å². The Kier molecular flexibility index (Phi) is 5.75. The second kappa shape index (κ2) is 8.21. The van der Waals surface area contributed by atoms with E-state index >= 15 is 0 Å². The molecular weight excluding hydrogens is 334 g/mol. The van der Waals surface area contributed by atoms with E-state index in [0.29, 0.717) is 25.4 Å². The summed E-state index contributed by atoms with van der Waals surface area (Å²) in [6.07, 6.45) is -0.919. The lowest BCUT2D eigenvalue weighted by Crippen LogP contribution is -2.29. The van der Waals surface area contributed by atoms with Crippen LogP contribution in [-0.4, -0.2) is 53.5 Å². The van der Waals surface area contributed by atoms with Crippen LogP contribution in [0.3, 0.4) is 0 Å². The van der Waals surface area contributed by atoms with E-state index in [0.717, 1.165) is 16.9 Å². The second-order valence-electron chi connectivity index (χ2n) is 6.44. The predicted octanol–water partition coefficient (Wildman–Crippen LogP) is 1.95. The van der Waals surface area contributed by atoms with Crippen molar-refractivity contribution < 1.29 is 24.5 Å². The highest BCUT2D eigenvalue weighted by molar-refractivity contribution is 5.70. The monoisotopic (exact) mass is 357 g/mol. The van der Waals surface area contributed by atoms with Crippen molar-refractivity contribution >= 4 is 5.97 Å². The number of carboxylic acids is 1. The molecule has 0 aliphatic carbocycles. The number of carbonyl (C=O) groups is 1. The molecule has 0 saturated carbocycles. The van der Waals surface area contributed by atoms with E-state index in [1.807, 2.05) is 24.3 Å². The number of carboxylic acid groups (broad SMARTS) is 1. The van der Waals surface area contributed by atoms with E-state index in [2.05, 4.69) is 4.90 Å². The van der Waals surface area contributed by atoms with Gasteiger partial charge in [0.05, 0.1) is 13.5 Å². The molecular formula is C20H23NO5. The Hall–Kier alpha value is -2.57. The van der Waals surface area contributed by atoms with Gasteiger partial charge in [0.2, 0.25) is 0 Å². The molecule has 1 aliphatic rings. The molecule has 0 aromatic heterocycles. The van der Waals surface area contributed by atoms with E-state index in [9.17, 15) is 9.90 Å². The first-order valence-corrected chi connectivity index (χ1v) is 8.55. The number of hydrogen-bond donors (Lipinski definition) is 2. The molecule has 6 nitrogen and oxygen atoms in total. The normalized spacial score (nSPS) is 20.1. The van der Waals surface area contributed by atoms with Crippen LogP contribution in [0.25, 0.3) is 0 Å². The van der Waals surface area contributed by atoms with E-state index in [1.54, 1.807) is 31.4 Å². The molecule has 3 rings (SSSR count). The topological polar surface area (TPSA) is 79.2 Å². The molecule has 0 amide bonds. The van der Waals surface area contributed by atoms with Crippen LogP contribution in [0, 0.1) is 0 Å². The number of benzene rings is 2. The van der Waals surface area contributed by atoms with Gasteiger partial charge in [-0.15, -0.1) is 0 Å². The third-order valence-corrected chi connectivity index (χ3v) is 4.47. The zero-order chi connectivity index (χ0) is 18.5. The molecule has 1 fully saturated rings. The number of aliphatic hydroxyl groups is 1. The van der Waals surface area contributed by atoms with Gasteiger partial charge in [-0.05, 0) is 23.8 Å². The molecule has 1 saturated heterocycles. The fraction of sp³-hybridized carbons (Fsp3) is 0.350. The molecule has 26 heavy (non-hydrogen) atoms. The maximum absolute atomic E-state index is 10.7. The van der Waals surface area contributed by atoms with Gasteiger partial charge in [0, 0.05) is 25.2 Å². The lowest BCUT2D eigenvalue weighted by Gasteiger charge is -2.18. The van der Waals surface area contributed by atoms with Crippen molar-refractivity contribution in [1.29, 1.82) is 0 Å². The summed E-state index contributed by atoms with van der Waals surface area (Å²) < 4.78 is 11.3. The average Bonchev–Trinajstić information content (AvgIpc) is 2.96. The zero-order valence-electron chi connectivity index (χ0n) is 14.7. The Balaban J connectivity index is 1.59. The van der Waals surface area contributed by atoms with Gasteiger partial charge in [-0.25, -0.2) is 0 Å². The van der Waals surface area contributed by atoms with Crippen LogP contribution in [0.4, 0.5) is 0 Å². The molecule has 1 aliphatic heterocycles. The summed E-state index contributed by atoms with van der Waals surface area (Å²) in [6.45, 7) is 1.81. The Bertz CT molecular complexity index is 746. The van der Waals surface area contributed by atoms with Gasteiger partial charge in [-0.3, -0.25) is 9.69 Å². The second-order valence-corrected chi connectivity index (χ2v) is 6.44. The van der Waals surface area contributed by atoms with E-state index in [1.165, 1.54) is 0 Å². The van der Waals surface area contributed by atoms with Crippen molar-refractivity contribution in [2.75, 3.05) is 20.2 Å². The summed E-state index contributed by atoms with van der Waals surface area (Å²) in [7, 11) is 1.65. The lowest BCUT2D eigenvalue weighted by molar-refractivity contribution is -0.136. The number of para-hydroxylation sites is 1. The van der Waals surface area contributed by atoms with Crippen LogP contribution in [0.15, 0.2) is 48.5 Å². The fourth-order valence-corrected chi connectivity index (χ4v) is 3.19. The summed E-state index contributed by atoms with van der Waals surface area (Å²) >= 11 is 0. The first kappa shape index (κ1) is 18.2. The van der Waals surface area contributed by atoms with E-state index in [4.69, 9.17) is 14.6 Å². The third kappa shape index (κ3) is 4.53. The van der Waals surface area contributed by atoms with Gasteiger partial charge in [0.15, 0.2) is 0 Å². The highest BCUT2D eigenvalue weighted by Crippen LogP contribution is 2.24. The van der Waals surface area contributed by atoms with Gasteiger partial charge in [-0.2, -0.15) is 0 Å². The maximum atomic E-state index is 10.7. The summed E-state index contributed by atoms with van der Waals surface area (Å²) in [6, 6.07) is 14.8. The minimum atomic E-state index is -0.864. The quantitative estimate of drug-likeness (QED) is 0.788. The van der Waals surface area contributed by atoms with Crippen molar-refractivity contribution in [2.45, 2.75) is 25.2 Å². The number of β-amino-alcohol motifs (C(OH)–C–C–N with tert-alkyl or cyclic N) is 1. The van der Waals surface area contributed by atoms with Crippen LogP contribution in [-0.2, 0) is 17.8 Å². The minimum absolute atomic E-state index is 0.0149. The SMILES string of the molecule is COc1ccccc1CN1C[C@@H](O)[C@H](Oc2ccc(CC(=O)O)cc2)C1. The largest absolute Gasteiger partial charge is 0.496 e. The van der Waals surface area contributed by atoms with Crippen molar-refractivity contribution in [3.63, 3.8) is 0 Å². The van der Waals surface area contributed by atoms with Gasteiger partial charge < -0.3 is 19.7 Å². The number of nitrogens with zero attached hydrogens (tertiary/aromatic N) is 1. The molecule has 1 heterocycles. The molecule has 0 bridgehead atoms. The molecule has 138 valence electrons. The first-order chi connectivity index (χ1) is 12.5. The third-order valence-electron chi connectivity index (χ3n) is 4.47. The van der Waals surface area contributed by atoms with E-state index < -0.39 is 12.1 Å². The highest BCUT2D eigenvalue weighted by Gasteiger charge is 2.33. The Morgan fingerprint density at radius 3 is 2.58 bits per heavy atom. The Morgan fingerprint density at radius 2 is 1.88 bits per heavy atom. The van der Waals surface area contributed by atoms with E-state index in [-0.39, 0.29) is 12.5 Å². The molecule has 6 heteroatoms. The number of ether oxygens (including phenoxy) is 2. The van der Waals surface area contributed by atoms with Crippen LogP contribution < -0.4 is 9.47 Å². The molecule has 2 N–H and O–H groups in total. The summed E-state index contributed by atoms with van der Waals surface area (Å²) in [4.78, 5) is 12.9. The van der Waals surface area contributed by atoms with Gasteiger partial charge in [-0.1, -0.05) is 30.3 Å². The molecule has 2 aromatic carbocycles. The predicted molar refractivity (Wildman–Crippen MR) is 96.5 cm³/mol. The number of methoxy groups -OCH3 is 1. The summed E-state index contributed by atoms with van der Waals surface area (Å²) in [5.74, 6) is 0.597. The molecule has 2 atom stereocenters. The molecule has 0 spiro atoms. The van der Waals surface area contributed by atoms with Crippen molar-refractivity contribution in [3.8, 4) is 11.5 Å². The highest BCUT2D eigenvalue weighted by atomic mass is 16.5. The van der Waals surface area contributed by atoms with Crippen LogP contribution in [0.1, 0.15) is 11.1 Å².